The molecule has 0 bridgehead atoms. The highest BCUT2D eigenvalue weighted by molar-refractivity contribution is 5.96. The van der Waals surface area contributed by atoms with Crippen LogP contribution in [0.25, 0.3) is 22.2 Å². The van der Waals surface area contributed by atoms with E-state index in [0.717, 1.165) is 15.8 Å². The Kier molecular flexibility index (Phi) is 4.22. The molecule has 6 nitrogen and oxygen atoms in total. The number of hydrogen-bond acceptors (Lipinski definition) is 3. The molecular formula is C23H20FN3O3. The highest BCUT2D eigenvalue weighted by Crippen LogP contribution is 2.40. The van der Waals surface area contributed by atoms with E-state index in [2.05, 4.69) is 0 Å². The van der Waals surface area contributed by atoms with Gasteiger partial charge in [-0.05, 0) is 23.3 Å². The molecule has 7 heteroatoms. The fraction of sp³-hybridized carbons (Fsp3) is 0.217. The lowest BCUT2D eigenvalue weighted by Gasteiger charge is -2.27. The van der Waals surface area contributed by atoms with Crippen LogP contribution < -0.4 is 11.2 Å². The van der Waals surface area contributed by atoms with E-state index in [9.17, 15) is 14.0 Å². The molecule has 3 heterocycles. The van der Waals surface area contributed by atoms with Gasteiger partial charge in [-0.1, -0.05) is 42.5 Å². The first-order chi connectivity index (χ1) is 14.5. The molecule has 1 unspecified atom stereocenters. The third-order valence-corrected chi connectivity index (χ3v) is 5.75. The maximum absolute atomic E-state index is 14.0. The first kappa shape index (κ1) is 18.6. The first-order valence-corrected chi connectivity index (χ1v) is 9.73. The standard InChI is InChI=1S/C23H20FN3O3/c1-25-19-17(22(28)26(2)23(25)29)18(14-7-4-3-5-8-14)27-11-12-30-21(20(19)27)15-9-6-10-16(24)13-15/h3-10,13,21H,11-12H2,1-2H3. The van der Waals surface area contributed by atoms with Crippen molar-refractivity contribution in [2.75, 3.05) is 6.61 Å². The quantitative estimate of drug-likeness (QED) is 0.515. The predicted octanol–water partition coefficient (Wildman–Crippen LogP) is 2.96. The van der Waals surface area contributed by atoms with Gasteiger partial charge in [0.25, 0.3) is 5.56 Å². The van der Waals surface area contributed by atoms with Gasteiger partial charge >= 0.3 is 5.69 Å². The molecule has 5 rings (SSSR count). The number of ether oxygens (including phenoxy) is 1. The van der Waals surface area contributed by atoms with Crippen LogP contribution >= 0.6 is 0 Å². The fourth-order valence-electron chi connectivity index (χ4n) is 4.40. The molecular weight excluding hydrogens is 385 g/mol. The van der Waals surface area contributed by atoms with Crippen LogP contribution in [-0.2, 0) is 25.4 Å². The van der Waals surface area contributed by atoms with Gasteiger partial charge in [-0.2, -0.15) is 0 Å². The number of aromatic nitrogens is 3. The molecule has 0 saturated heterocycles. The minimum Gasteiger partial charge on any atom is -0.365 e. The van der Waals surface area contributed by atoms with E-state index in [1.54, 1.807) is 19.2 Å². The third-order valence-electron chi connectivity index (χ3n) is 5.75. The van der Waals surface area contributed by atoms with Crippen LogP contribution in [-0.4, -0.2) is 20.3 Å². The lowest BCUT2D eigenvalue weighted by molar-refractivity contribution is 0.0477. The van der Waals surface area contributed by atoms with Crippen LogP contribution in [0.1, 0.15) is 17.4 Å². The molecule has 0 spiro atoms. The van der Waals surface area contributed by atoms with Crippen LogP contribution in [0.5, 0.6) is 0 Å². The van der Waals surface area contributed by atoms with Crippen molar-refractivity contribution in [1.82, 2.24) is 13.7 Å². The molecule has 30 heavy (non-hydrogen) atoms. The van der Waals surface area contributed by atoms with E-state index in [0.29, 0.717) is 35.3 Å². The maximum Gasteiger partial charge on any atom is 0.331 e. The van der Waals surface area contributed by atoms with Crippen molar-refractivity contribution in [2.24, 2.45) is 14.1 Å². The molecule has 1 aliphatic rings. The molecule has 0 amide bonds. The Labute approximate surface area is 171 Å². The minimum absolute atomic E-state index is 0.355. The summed E-state index contributed by atoms with van der Waals surface area (Å²) >= 11 is 0. The summed E-state index contributed by atoms with van der Waals surface area (Å²) in [5.74, 6) is -0.364. The molecule has 0 radical (unpaired) electrons. The van der Waals surface area contributed by atoms with Crippen LogP contribution in [0.4, 0.5) is 4.39 Å². The molecule has 2 aromatic carbocycles. The summed E-state index contributed by atoms with van der Waals surface area (Å²) in [4.78, 5) is 26.0. The van der Waals surface area contributed by atoms with E-state index in [-0.39, 0.29) is 11.4 Å². The Morgan fingerprint density at radius 1 is 1.00 bits per heavy atom. The van der Waals surface area contributed by atoms with Crippen molar-refractivity contribution in [1.29, 1.82) is 0 Å². The summed E-state index contributed by atoms with van der Waals surface area (Å²) in [6.45, 7) is 0.931. The van der Waals surface area contributed by atoms with Crippen molar-refractivity contribution in [3.63, 3.8) is 0 Å². The zero-order valence-electron chi connectivity index (χ0n) is 16.6. The summed E-state index contributed by atoms with van der Waals surface area (Å²) in [5, 5.41) is 0.465. The summed E-state index contributed by atoms with van der Waals surface area (Å²) in [5.41, 5.74) is 2.72. The average molecular weight is 405 g/mol. The monoisotopic (exact) mass is 405 g/mol. The van der Waals surface area contributed by atoms with Crippen molar-refractivity contribution in [3.8, 4) is 11.3 Å². The van der Waals surface area contributed by atoms with Gasteiger partial charge in [-0.3, -0.25) is 13.9 Å². The van der Waals surface area contributed by atoms with Crippen LogP contribution in [0, 0.1) is 5.82 Å². The molecule has 1 aliphatic heterocycles. The average Bonchev–Trinajstić information content (AvgIpc) is 3.12. The summed E-state index contributed by atoms with van der Waals surface area (Å²) in [6.07, 6.45) is -0.591. The van der Waals surface area contributed by atoms with Gasteiger partial charge in [-0.25, -0.2) is 9.18 Å². The number of benzene rings is 2. The van der Waals surface area contributed by atoms with Crippen molar-refractivity contribution in [3.05, 3.63) is 92.5 Å². The molecule has 0 saturated carbocycles. The van der Waals surface area contributed by atoms with Crippen LogP contribution in [0.15, 0.2) is 64.2 Å². The lowest BCUT2D eigenvalue weighted by atomic mass is 10.0. The van der Waals surface area contributed by atoms with E-state index < -0.39 is 11.8 Å². The van der Waals surface area contributed by atoms with E-state index >= 15 is 0 Å². The van der Waals surface area contributed by atoms with Gasteiger partial charge in [0, 0.05) is 20.6 Å². The van der Waals surface area contributed by atoms with Crippen molar-refractivity contribution in [2.45, 2.75) is 12.6 Å². The zero-order chi connectivity index (χ0) is 21.0. The van der Waals surface area contributed by atoms with Crippen LogP contribution in [0.2, 0.25) is 0 Å². The van der Waals surface area contributed by atoms with Crippen molar-refractivity contribution < 1.29 is 9.13 Å². The Bertz CT molecular complexity index is 1400. The van der Waals surface area contributed by atoms with Gasteiger partial charge in [0.1, 0.15) is 11.9 Å². The second-order valence-electron chi connectivity index (χ2n) is 7.49. The number of rotatable bonds is 2. The van der Waals surface area contributed by atoms with Gasteiger partial charge in [-0.15, -0.1) is 0 Å². The topological polar surface area (TPSA) is 58.2 Å². The van der Waals surface area contributed by atoms with Crippen molar-refractivity contribution >= 4 is 10.9 Å². The number of aryl methyl sites for hydroxylation is 1. The van der Waals surface area contributed by atoms with Gasteiger partial charge in [0.2, 0.25) is 0 Å². The highest BCUT2D eigenvalue weighted by Gasteiger charge is 2.33. The molecule has 0 aliphatic carbocycles. The Morgan fingerprint density at radius 3 is 2.50 bits per heavy atom. The maximum atomic E-state index is 14.0. The largest absolute Gasteiger partial charge is 0.365 e. The zero-order valence-corrected chi connectivity index (χ0v) is 16.6. The highest BCUT2D eigenvalue weighted by atomic mass is 19.1. The Hall–Kier alpha value is -3.45. The lowest BCUT2D eigenvalue weighted by Crippen LogP contribution is -2.37. The predicted molar refractivity (Wildman–Crippen MR) is 112 cm³/mol. The summed E-state index contributed by atoms with van der Waals surface area (Å²) in [7, 11) is 3.13. The summed E-state index contributed by atoms with van der Waals surface area (Å²) in [6, 6.07) is 15.9. The molecule has 4 aromatic rings. The minimum atomic E-state index is -0.591. The van der Waals surface area contributed by atoms with Gasteiger partial charge in [0.05, 0.1) is 28.9 Å². The Balaban J connectivity index is 1.96. The molecule has 0 fully saturated rings. The molecule has 2 aromatic heterocycles. The molecule has 1 atom stereocenters. The normalized spacial score (nSPS) is 16.0. The number of halogens is 1. The smallest absolute Gasteiger partial charge is 0.331 e. The van der Waals surface area contributed by atoms with E-state index in [4.69, 9.17) is 4.74 Å². The van der Waals surface area contributed by atoms with Crippen LogP contribution in [0.3, 0.4) is 0 Å². The number of nitrogens with zero attached hydrogens (tertiary/aromatic N) is 3. The van der Waals surface area contributed by atoms with Gasteiger partial charge < -0.3 is 9.30 Å². The summed E-state index contributed by atoms with van der Waals surface area (Å²) < 4.78 is 24.7. The Morgan fingerprint density at radius 2 is 1.77 bits per heavy atom. The second kappa shape index (κ2) is 6.81. The molecule has 152 valence electrons. The van der Waals surface area contributed by atoms with E-state index in [1.165, 1.54) is 23.7 Å². The number of hydrogen-bond donors (Lipinski definition) is 0. The molecule has 0 N–H and O–H groups in total. The fourth-order valence-corrected chi connectivity index (χ4v) is 4.40. The van der Waals surface area contributed by atoms with Gasteiger partial charge in [0.15, 0.2) is 0 Å². The third kappa shape index (κ3) is 2.59. The number of fused-ring (bicyclic) bond motifs is 3. The van der Waals surface area contributed by atoms with E-state index in [1.807, 2.05) is 34.9 Å². The SMILES string of the molecule is Cn1c(=O)c2c(-c3ccccc3)n3c(c2n(C)c1=O)C(c1cccc(F)c1)OCC3. The first-order valence-electron chi connectivity index (χ1n) is 9.73. The second-order valence-corrected chi connectivity index (χ2v) is 7.49.